The number of nitrogens with zero attached hydrogens (tertiary/aromatic N) is 6. The average molecular weight is 550 g/mol. The number of hydrogen-bond donors (Lipinski definition) is 1. The lowest BCUT2D eigenvalue weighted by molar-refractivity contribution is 0.0247. The summed E-state index contributed by atoms with van der Waals surface area (Å²) in [6.45, 7) is 4.67. The minimum absolute atomic E-state index is 0.171. The lowest BCUT2D eigenvalue weighted by atomic mass is 9.83. The number of H-pyrrole nitrogens is 1. The molecule has 0 amide bonds. The van der Waals surface area contributed by atoms with Crippen molar-refractivity contribution in [2.75, 3.05) is 18.1 Å². The van der Waals surface area contributed by atoms with Gasteiger partial charge in [-0.15, -0.1) is 0 Å². The number of anilines is 1. The Labute approximate surface area is 230 Å². The summed E-state index contributed by atoms with van der Waals surface area (Å²) in [5.41, 5.74) is 3.01. The molecule has 7 rings (SSSR count). The Hall–Kier alpha value is -3.24. The summed E-state index contributed by atoms with van der Waals surface area (Å²) >= 11 is 6.44. The number of benzene rings is 1. The minimum atomic E-state index is -0.656. The number of ether oxygens (including phenoxy) is 1. The van der Waals surface area contributed by atoms with Crippen LogP contribution in [-0.4, -0.2) is 55.0 Å². The molecule has 3 fully saturated rings. The van der Waals surface area contributed by atoms with Crippen molar-refractivity contribution >= 4 is 28.7 Å². The molecule has 2 atom stereocenters. The van der Waals surface area contributed by atoms with Gasteiger partial charge in [-0.2, -0.15) is 4.98 Å². The topological polar surface area (TPSA) is 115 Å². The normalized spacial score (nSPS) is 25.3. The third-order valence-electron chi connectivity index (χ3n) is 8.65. The smallest absolute Gasteiger partial charge is 0.374 e. The van der Waals surface area contributed by atoms with Gasteiger partial charge in [0.2, 0.25) is 17.6 Å². The predicted molar refractivity (Wildman–Crippen MR) is 148 cm³/mol. The van der Waals surface area contributed by atoms with Crippen LogP contribution in [0.25, 0.3) is 34.1 Å². The van der Waals surface area contributed by atoms with Gasteiger partial charge in [-0.3, -0.25) is 9.51 Å². The van der Waals surface area contributed by atoms with E-state index < -0.39 is 5.76 Å². The van der Waals surface area contributed by atoms with Crippen LogP contribution in [0.5, 0.6) is 0 Å². The molecule has 4 aromatic rings. The fourth-order valence-electron chi connectivity index (χ4n) is 6.63. The number of halogens is 1. The van der Waals surface area contributed by atoms with Crippen LogP contribution in [0.4, 0.5) is 5.95 Å². The molecule has 3 aromatic heterocycles. The number of aromatic amines is 1. The van der Waals surface area contributed by atoms with Crippen LogP contribution in [0.1, 0.15) is 51.9 Å². The quantitative estimate of drug-likeness (QED) is 0.367. The number of imidazole rings is 1. The Bertz CT molecular complexity index is 1550. The number of rotatable bonds is 5. The van der Waals surface area contributed by atoms with E-state index in [-0.39, 0.29) is 17.8 Å². The molecule has 1 aromatic carbocycles. The Morgan fingerprint density at radius 3 is 2.77 bits per heavy atom. The van der Waals surface area contributed by atoms with Crippen molar-refractivity contribution < 1.29 is 9.26 Å². The molecule has 10 nitrogen and oxygen atoms in total. The SMILES string of the molecule is C[C@H]1CC[C@H](Cn2c(N3CCO[C@H]4CCC[C@@H]43)nc3nc(-c4noc(=O)[nH]4)nc(-c4cccc(Cl)c4)c32)CC1. The molecular weight excluding hydrogens is 518 g/mol. The van der Waals surface area contributed by atoms with Crippen LogP contribution in [0.15, 0.2) is 33.6 Å². The second-order valence-corrected chi connectivity index (χ2v) is 11.7. The maximum Gasteiger partial charge on any atom is 0.439 e. The maximum atomic E-state index is 11.7. The fraction of sp³-hybridized carbons (Fsp3) is 0.536. The largest absolute Gasteiger partial charge is 0.439 e. The van der Waals surface area contributed by atoms with Gasteiger partial charge in [0.1, 0.15) is 11.2 Å². The van der Waals surface area contributed by atoms with E-state index in [0.29, 0.717) is 34.9 Å². The van der Waals surface area contributed by atoms with Crippen LogP contribution >= 0.6 is 11.6 Å². The highest BCUT2D eigenvalue weighted by Gasteiger charge is 2.39. The monoisotopic (exact) mass is 549 g/mol. The second kappa shape index (κ2) is 10.1. The van der Waals surface area contributed by atoms with E-state index in [4.69, 9.17) is 35.8 Å². The predicted octanol–water partition coefficient (Wildman–Crippen LogP) is 5.07. The molecule has 0 unspecified atom stereocenters. The molecule has 0 bridgehead atoms. The van der Waals surface area contributed by atoms with Crippen molar-refractivity contribution in [3.05, 3.63) is 39.8 Å². The Morgan fingerprint density at radius 2 is 1.97 bits per heavy atom. The van der Waals surface area contributed by atoms with Crippen molar-refractivity contribution in [3.8, 4) is 22.9 Å². The second-order valence-electron chi connectivity index (χ2n) is 11.3. The zero-order valence-corrected chi connectivity index (χ0v) is 22.7. The number of hydrogen-bond acceptors (Lipinski definition) is 8. The summed E-state index contributed by atoms with van der Waals surface area (Å²) in [5.74, 6) is 2.02. The van der Waals surface area contributed by atoms with E-state index in [1.165, 1.54) is 25.7 Å². The molecule has 11 heteroatoms. The molecule has 2 aliphatic carbocycles. The standard InChI is InChI=1S/C28H32ClN7O3/c1-16-8-10-17(11-9-16)15-36-23-22(18-4-2-5-19(29)14-18)30-25(26-33-28(37)39-34-26)31-24(23)32-27(36)35-12-13-38-21-7-3-6-20(21)35/h2,4-5,14,16-17,20-21H,3,6-13,15H2,1H3,(H,33,34,37)/t16-,17-,20-,21-/m0/s1. The van der Waals surface area contributed by atoms with Crippen molar-refractivity contribution in [1.29, 1.82) is 0 Å². The Morgan fingerprint density at radius 1 is 1.10 bits per heavy atom. The molecule has 1 aliphatic heterocycles. The zero-order chi connectivity index (χ0) is 26.5. The van der Waals surface area contributed by atoms with E-state index >= 15 is 0 Å². The van der Waals surface area contributed by atoms with Crippen LogP contribution in [-0.2, 0) is 11.3 Å². The summed E-state index contributed by atoms with van der Waals surface area (Å²) in [5, 5.41) is 4.47. The van der Waals surface area contributed by atoms with E-state index in [2.05, 4.69) is 26.5 Å². The van der Waals surface area contributed by atoms with Gasteiger partial charge < -0.3 is 14.2 Å². The molecule has 204 valence electrons. The molecule has 0 spiro atoms. The van der Waals surface area contributed by atoms with Gasteiger partial charge in [0.25, 0.3) is 0 Å². The maximum absolute atomic E-state index is 11.7. The Kier molecular flexibility index (Phi) is 6.39. The van der Waals surface area contributed by atoms with Crippen molar-refractivity contribution in [3.63, 3.8) is 0 Å². The van der Waals surface area contributed by atoms with E-state index in [1.807, 2.05) is 24.3 Å². The van der Waals surface area contributed by atoms with Crippen LogP contribution < -0.4 is 10.7 Å². The average Bonchev–Trinajstić information content (AvgIpc) is 3.68. The van der Waals surface area contributed by atoms with E-state index in [1.54, 1.807) is 0 Å². The third kappa shape index (κ3) is 4.63. The number of aromatic nitrogens is 6. The first-order valence-electron chi connectivity index (χ1n) is 14.0. The first kappa shape index (κ1) is 24.8. The van der Waals surface area contributed by atoms with Gasteiger partial charge in [-0.1, -0.05) is 48.7 Å². The van der Waals surface area contributed by atoms with Gasteiger partial charge in [-0.25, -0.2) is 14.8 Å². The van der Waals surface area contributed by atoms with Crippen molar-refractivity contribution in [2.24, 2.45) is 11.8 Å². The lowest BCUT2D eigenvalue weighted by Gasteiger charge is -2.39. The van der Waals surface area contributed by atoms with Gasteiger partial charge >= 0.3 is 5.76 Å². The molecular formula is C28H32ClN7O3. The van der Waals surface area contributed by atoms with E-state index in [9.17, 15) is 4.79 Å². The molecule has 3 aliphatic rings. The number of morpholine rings is 1. The first-order valence-corrected chi connectivity index (χ1v) is 14.4. The highest BCUT2D eigenvalue weighted by molar-refractivity contribution is 6.30. The summed E-state index contributed by atoms with van der Waals surface area (Å²) in [6, 6.07) is 7.95. The molecule has 39 heavy (non-hydrogen) atoms. The van der Waals surface area contributed by atoms with Crippen LogP contribution in [0.2, 0.25) is 5.02 Å². The van der Waals surface area contributed by atoms with Gasteiger partial charge in [-0.05, 0) is 56.1 Å². The zero-order valence-electron chi connectivity index (χ0n) is 22.0. The van der Waals surface area contributed by atoms with Gasteiger partial charge in [0, 0.05) is 23.7 Å². The van der Waals surface area contributed by atoms with Gasteiger partial charge in [0.05, 0.1) is 18.8 Å². The summed E-state index contributed by atoms with van der Waals surface area (Å²) in [6.07, 6.45) is 8.45. The Balaban J connectivity index is 1.44. The van der Waals surface area contributed by atoms with Crippen molar-refractivity contribution in [1.82, 2.24) is 29.7 Å². The summed E-state index contributed by atoms with van der Waals surface area (Å²) in [7, 11) is 0. The van der Waals surface area contributed by atoms with Crippen molar-refractivity contribution in [2.45, 2.75) is 70.6 Å². The summed E-state index contributed by atoms with van der Waals surface area (Å²) in [4.78, 5) is 31.7. The lowest BCUT2D eigenvalue weighted by Crippen LogP contribution is -2.49. The first-order chi connectivity index (χ1) is 19.0. The molecule has 1 N–H and O–H groups in total. The van der Waals surface area contributed by atoms with Gasteiger partial charge in [0.15, 0.2) is 5.65 Å². The van der Waals surface area contributed by atoms with Crippen LogP contribution in [0, 0.1) is 11.8 Å². The molecule has 4 heterocycles. The van der Waals surface area contributed by atoms with Crippen LogP contribution in [0.3, 0.4) is 0 Å². The highest BCUT2D eigenvalue weighted by Crippen LogP contribution is 2.39. The molecule has 0 radical (unpaired) electrons. The number of nitrogens with one attached hydrogen (secondary N) is 1. The third-order valence-corrected chi connectivity index (χ3v) is 8.88. The number of fused-ring (bicyclic) bond motifs is 2. The molecule has 1 saturated heterocycles. The fourth-order valence-corrected chi connectivity index (χ4v) is 6.82. The molecule has 2 saturated carbocycles. The minimum Gasteiger partial charge on any atom is -0.374 e. The summed E-state index contributed by atoms with van der Waals surface area (Å²) < 4.78 is 13.3. The highest BCUT2D eigenvalue weighted by atomic mass is 35.5. The van der Waals surface area contributed by atoms with E-state index in [0.717, 1.165) is 55.3 Å².